The van der Waals surface area contributed by atoms with Crippen LogP contribution in [0.1, 0.15) is 0 Å². The molecule has 6 heavy (non-hydrogen) atoms. The van der Waals surface area contributed by atoms with Crippen molar-refractivity contribution in [2.45, 2.75) is 0 Å². The Morgan fingerprint density at radius 1 is 1.83 bits per heavy atom. The van der Waals surface area contributed by atoms with Crippen molar-refractivity contribution in [3.05, 3.63) is 32.0 Å². The molecule has 1 nitrogen and oxygen atoms in total. The molecule has 32 valence electrons. The van der Waals surface area contributed by atoms with Gasteiger partial charge in [-0.3, -0.25) is 0 Å². The van der Waals surface area contributed by atoms with Gasteiger partial charge in [0.15, 0.2) is 5.70 Å². The predicted molar refractivity (Wildman–Crippen MR) is 27.8 cm³/mol. The smallest absolute Gasteiger partial charge is 0.187 e. The average Bonchev–Trinajstić information content (AvgIpc) is 1.35. The van der Waals surface area contributed by atoms with Gasteiger partial charge in [-0.15, -0.1) is 0 Å². The molecule has 0 heterocycles. The summed E-state index contributed by atoms with van der Waals surface area (Å²) in [7, 11) is 0. The van der Waals surface area contributed by atoms with Crippen LogP contribution in [0.5, 0.6) is 0 Å². The van der Waals surface area contributed by atoms with E-state index < -0.39 is 0 Å². The molecular weight excluding hydrogens is 74.1 g/mol. The summed E-state index contributed by atoms with van der Waals surface area (Å²) in [4.78, 5) is 0. The summed E-state index contributed by atoms with van der Waals surface area (Å²) in [5.41, 5.74) is 0.671. The SMILES string of the molecule is C=CNC(=C)[CH2+]. The Balaban J connectivity index is 3.05. The quantitative estimate of drug-likeness (QED) is 0.491. The summed E-state index contributed by atoms with van der Waals surface area (Å²) in [6, 6.07) is 0. The second-order valence-electron chi connectivity index (χ2n) is 0.952. The Labute approximate surface area is 38.4 Å². The molecular formula is C5H8N+. The third-order valence-electron chi connectivity index (χ3n) is 0.306. The first-order valence-corrected chi connectivity index (χ1v) is 1.65. The number of nitrogens with one attached hydrogen (secondary N) is 1. The van der Waals surface area contributed by atoms with Gasteiger partial charge in [0.25, 0.3) is 0 Å². The molecule has 0 amide bonds. The number of hydrogen-bond acceptors (Lipinski definition) is 1. The first-order valence-electron chi connectivity index (χ1n) is 1.65. The van der Waals surface area contributed by atoms with E-state index in [0.717, 1.165) is 0 Å². The molecule has 0 saturated heterocycles. The zero-order valence-electron chi connectivity index (χ0n) is 3.70. The fourth-order valence-electron chi connectivity index (χ4n) is 0.144. The molecule has 0 aliphatic heterocycles. The third kappa shape index (κ3) is 3.15. The maximum Gasteiger partial charge on any atom is 0.187 e. The standard InChI is InChI=1S/C5H8N/c1-4-6-5(2)3/h4,6H,1-3H2/q+1. The lowest BCUT2D eigenvalue weighted by molar-refractivity contribution is 1.13. The Bertz CT molecular complexity index is 64.3. The lowest BCUT2D eigenvalue weighted by Gasteiger charge is -1.82. The predicted octanol–water partition coefficient (Wildman–Crippen LogP) is 1.07. The van der Waals surface area contributed by atoms with Gasteiger partial charge in [-0.2, -0.15) is 0 Å². The summed E-state index contributed by atoms with van der Waals surface area (Å²) in [5, 5.41) is 2.67. The van der Waals surface area contributed by atoms with E-state index in [1.54, 1.807) is 0 Å². The van der Waals surface area contributed by atoms with E-state index in [1.807, 2.05) is 0 Å². The molecule has 0 unspecified atom stereocenters. The summed E-state index contributed by atoms with van der Waals surface area (Å²) >= 11 is 0. The van der Waals surface area contributed by atoms with Crippen LogP contribution in [0.15, 0.2) is 25.1 Å². The second kappa shape index (κ2) is 2.39. The van der Waals surface area contributed by atoms with Gasteiger partial charge in [0.1, 0.15) is 0 Å². The normalized spacial score (nSPS) is 6.67. The minimum atomic E-state index is 0.671. The molecule has 1 heteroatoms. The van der Waals surface area contributed by atoms with Gasteiger partial charge in [0, 0.05) is 0 Å². The first kappa shape index (κ1) is 5.15. The summed E-state index contributed by atoms with van der Waals surface area (Å²) < 4.78 is 0. The Morgan fingerprint density at radius 2 is 2.33 bits per heavy atom. The highest BCUT2D eigenvalue weighted by Gasteiger charge is 1.77. The average molecular weight is 82.1 g/mol. The van der Waals surface area contributed by atoms with E-state index in [-0.39, 0.29) is 0 Å². The van der Waals surface area contributed by atoms with Crippen molar-refractivity contribution in [3.8, 4) is 0 Å². The highest BCUT2D eigenvalue weighted by atomic mass is 14.8. The molecule has 0 aromatic rings. The van der Waals surface area contributed by atoms with E-state index in [0.29, 0.717) is 5.70 Å². The lowest BCUT2D eigenvalue weighted by Crippen LogP contribution is -1.96. The van der Waals surface area contributed by atoms with Crippen molar-refractivity contribution < 1.29 is 0 Å². The van der Waals surface area contributed by atoms with Gasteiger partial charge < -0.3 is 5.32 Å². The minimum Gasteiger partial charge on any atom is -0.330 e. The van der Waals surface area contributed by atoms with E-state index in [4.69, 9.17) is 0 Å². The van der Waals surface area contributed by atoms with E-state index in [9.17, 15) is 0 Å². The minimum absolute atomic E-state index is 0.671. The maximum absolute atomic E-state index is 3.45. The van der Waals surface area contributed by atoms with Gasteiger partial charge in [0.2, 0.25) is 0 Å². The van der Waals surface area contributed by atoms with Crippen molar-refractivity contribution in [3.63, 3.8) is 0 Å². The third-order valence-corrected chi connectivity index (χ3v) is 0.306. The Kier molecular flexibility index (Phi) is 2.05. The zero-order chi connectivity index (χ0) is 4.99. The molecule has 0 fully saturated rings. The van der Waals surface area contributed by atoms with E-state index in [2.05, 4.69) is 25.4 Å². The summed E-state index contributed by atoms with van der Waals surface area (Å²) in [6.45, 7) is 10.3. The molecule has 0 aliphatic rings. The molecule has 0 bridgehead atoms. The largest absolute Gasteiger partial charge is 0.330 e. The maximum atomic E-state index is 3.45. The number of rotatable bonds is 2. The topological polar surface area (TPSA) is 12.0 Å². The van der Waals surface area contributed by atoms with E-state index in [1.165, 1.54) is 6.20 Å². The van der Waals surface area contributed by atoms with Crippen molar-refractivity contribution in [2.75, 3.05) is 0 Å². The summed E-state index contributed by atoms with van der Waals surface area (Å²) in [5.74, 6) is 0. The van der Waals surface area contributed by atoms with E-state index >= 15 is 0 Å². The van der Waals surface area contributed by atoms with Crippen LogP contribution in [0.2, 0.25) is 0 Å². The van der Waals surface area contributed by atoms with Crippen LogP contribution in [0.3, 0.4) is 0 Å². The molecule has 0 aromatic heterocycles. The van der Waals surface area contributed by atoms with Crippen LogP contribution in [-0.4, -0.2) is 0 Å². The van der Waals surface area contributed by atoms with Crippen LogP contribution in [-0.2, 0) is 0 Å². The molecule has 1 N–H and O–H groups in total. The van der Waals surface area contributed by atoms with Crippen LogP contribution in [0.25, 0.3) is 0 Å². The number of allylic oxidation sites excluding steroid dienone is 1. The molecule has 0 radical (unpaired) electrons. The van der Waals surface area contributed by atoms with Gasteiger partial charge in [-0.1, -0.05) is 6.58 Å². The molecule has 0 spiro atoms. The fourth-order valence-corrected chi connectivity index (χ4v) is 0.144. The zero-order valence-corrected chi connectivity index (χ0v) is 3.70. The number of hydrogen-bond donors (Lipinski definition) is 1. The van der Waals surface area contributed by atoms with Crippen LogP contribution < -0.4 is 5.32 Å². The molecule has 0 aliphatic carbocycles. The van der Waals surface area contributed by atoms with Crippen LogP contribution >= 0.6 is 0 Å². The van der Waals surface area contributed by atoms with Gasteiger partial charge in [-0.05, 0) is 6.20 Å². The Hall–Kier alpha value is -0.850. The molecule has 0 aromatic carbocycles. The van der Waals surface area contributed by atoms with Crippen LogP contribution in [0.4, 0.5) is 0 Å². The monoisotopic (exact) mass is 82.1 g/mol. The summed E-state index contributed by atoms with van der Waals surface area (Å²) in [6.07, 6.45) is 1.54. The van der Waals surface area contributed by atoms with Crippen molar-refractivity contribution >= 4 is 0 Å². The molecule has 0 saturated carbocycles. The van der Waals surface area contributed by atoms with Crippen molar-refractivity contribution in [1.29, 1.82) is 0 Å². The highest BCUT2D eigenvalue weighted by Crippen LogP contribution is 1.71. The second-order valence-corrected chi connectivity index (χ2v) is 0.952. The molecule has 0 rings (SSSR count). The highest BCUT2D eigenvalue weighted by molar-refractivity contribution is 4.97. The fraction of sp³-hybridized carbons (Fsp3) is 0. The first-order chi connectivity index (χ1) is 2.77. The Morgan fingerprint density at radius 3 is 2.33 bits per heavy atom. The van der Waals surface area contributed by atoms with Crippen molar-refractivity contribution in [1.82, 2.24) is 5.32 Å². The van der Waals surface area contributed by atoms with Gasteiger partial charge >= 0.3 is 0 Å². The lowest BCUT2D eigenvalue weighted by atomic mass is 10.6. The van der Waals surface area contributed by atoms with Gasteiger partial charge in [-0.25, -0.2) is 0 Å². The van der Waals surface area contributed by atoms with Crippen molar-refractivity contribution in [2.24, 2.45) is 0 Å². The molecule has 0 atom stereocenters. The van der Waals surface area contributed by atoms with Crippen LogP contribution in [0, 0.1) is 6.92 Å². The van der Waals surface area contributed by atoms with Gasteiger partial charge in [0.05, 0.1) is 13.5 Å².